The predicted molar refractivity (Wildman–Crippen MR) is 99.1 cm³/mol. The van der Waals surface area contributed by atoms with Gasteiger partial charge in [0.1, 0.15) is 18.5 Å². The molecule has 1 amide bonds. The van der Waals surface area contributed by atoms with E-state index in [4.69, 9.17) is 4.74 Å². The molecule has 7 nitrogen and oxygen atoms in total. The Balaban J connectivity index is 1.56. The number of ether oxygens (including phenoxy) is 1. The van der Waals surface area contributed by atoms with Gasteiger partial charge in [0.2, 0.25) is 0 Å². The predicted octanol–water partition coefficient (Wildman–Crippen LogP) is 2.61. The fourth-order valence-electron chi connectivity index (χ4n) is 2.63. The lowest BCUT2D eigenvalue weighted by molar-refractivity contribution is -0.134. The number of carbonyl (C=O) groups is 2. The maximum Gasteiger partial charge on any atom is 0.338 e. The van der Waals surface area contributed by atoms with E-state index in [2.05, 4.69) is 10.1 Å². The van der Waals surface area contributed by atoms with Gasteiger partial charge in [0.15, 0.2) is 6.61 Å². The number of hydrogen-bond acceptors (Lipinski definition) is 5. The summed E-state index contributed by atoms with van der Waals surface area (Å²) in [5.74, 6) is -1.30. The van der Waals surface area contributed by atoms with Crippen LogP contribution in [0.15, 0.2) is 61.2 Å². The van der Waals surface area contributed by atoms with Gasteiger partial charge in [-0.3, -0.25) is 4.79 Å². The van der Waals surface area contributed by atoms with E-state index in [1.54, 1.807) is 47.4 Å². The van der Waals surface area contributed by atoms with Gasteiger partial charge in [-0.05, 0) is 48.9 Å². The average Bonchev–Trinajstić information content (AvgIpc) is 3.25. The van der Waals surface area contributed by atoms with Crippen molar-refractivity contribution in [3.63, 3.8) is 0 Å². The van der Waals surface area contributed by atoms with Crippen molar-refractivity contribution in [2.24, 2.45) is 0 Å². The van der Waals surface area contributed by atoms with Crippen molar-refractivity contribution in [2.45, 2.75) is 13.5 Å². The van der Waals surface area contributed by atoms with Crippen molar-refractivity contribution in [3.05, 3.63) is 78.1 Å². The Morgan fingerprint density at radius 1 is 1.18 bits per heavy atom. The van der Waals surface area contributed by atoms with Crippen LogP contribution in [-0.4, -0.2) is 44.7 Å². The van der Waals surface area contributed by atoms with Gasteiger partial charge < -0.3 is 9.64 Å². The Kier molecular flexibility index (Phi) is 6.11. The minimum atomic E-state index is -0.597. The molecule has 0 aliphatic heterocycles. The van der Waals surface area contributed by atoms with Crippen molar-refractivity contribution in [3.8, 4) is 5.69 Å². The maximum atomic E-state index is 13.3. The number of nitrogens with zero attached hydrogens (tertiary/aromatic N) is 4. The molecule has 1 heterocycles. The first-order valence-electron chi connectivity index (χ1n) is 8.71. The quantitative estimate of drug-likeness (QED) is 0.587. The van der Waals surface area contributed by atoms with Gasteiger partial charge in [0, 0.05) is 13.1 Å². The normalized spacial score (nSPS) is 10.5. The van der Waals surface area contributed by atoms with Crippen LogP contribution in [0.1, 0.15) is 22.8 Å². The van der Waals surface area contributed by atoms with Crippen molar-refractivity contribution in [1.29, 1.82) is 0 Å². The number of carbonyl (C=O) groups excluding carboxylic acids is 2. The Hall–Kier alpha value is -3.55. The number of benzene rings is 2. The lowest BCUT2D eigenvalue weighted by atomic mass is 10.2. The second-order valence-electron chi connectivity index (χ2n) is 6.00. The number of esters is 1. The molecule has 0 unspecified atom stereocenters. The third-order valence-corrected chi connectivity index (χ3v) is 4.11. The summed E-state index contributed by atoms with van der Waals surface area (Å²) in [4.78, 5) is 29.9. The fraction of sp³-hybridized carbons (Fsp3) is 0.200. The smallest absolute Gasteiger partial charge is 0.338 e. The van der Waals surface area contributed by atoms with E-state index in [0.29, 0.717) is 17.7 Å². The lowest BCUT2D eigenvalue weighted by Gasteiger charge is -2.21. The molecule has 0 fully saturated rings. The molecule has 8 heteroatoms. The topological polar surface area (TPSA) is 77.3 Å². The number of likely N-dealkylation sites (N-methyl/N-ethyl adjacent to an activating group) is 1. The SMILES string of the molecule is CCN(Cc1cccc(F)c1)C(=O)COC(=O)c1ccc(-n2cncn2)cc1. The van der Waals surface area contributed by atoms with Crippen LogP contribution in [0.25, 0.3) is 5.69 Å². The zero-order chi connectivity index (χ0) is 19.9. The zero-order valence-corrected chi connectivity index (χ0v) is 15.3. The van der Waals surface area contributed by atoms with Crippen LogP contribution in [0.3, 0.4) is 0 Å². The van der Waals surface area contributed by atoms with Gasteiger partial charge in [0.25, 0.3) is 5.91 Å². The molecule has 0 spiro atoms. The van der Waals surface area contributed by atoms with Crippen LogP contribution in [0.2, 0.25) is 0 Å². The summed E-state index contributed by atoms with van der Waals surface area (Å²) in [6.45, 7) is 2.09. The van der Waals surface area contributed by atoms with Gasteiger partial charge in [-0.2, -0.15) is 5.10 Å². The standard InChI is InChI=1S/C20H19FN4O3/c1-2-24(11-15-4-3-5-17(21)10-15)19(26)12-28-20(27)16-6-8-18(9-7-16)25-14-22-13-23-25/h3-10,13-14H,2,11-12H2,1H3. The van der Waals surface area contributed by atoms with Crippen molar-refractivity contribution >= 4 is 11.9 Å². The van der Waals surface area contributed by atoms with Gasteiger partial charge in [-0.15, -0.1) is 0 Å². The number of halogens is 1. The summed E-state index contributed by atoms with van der Waals surface area (Å²) in [7, 11) is 0. The largest absolute Gasteiger partial charge is 0.452 e. The van der Waals surface area contributed by atoms with E-state index in [1.165, 1.54) is 23.4 Å². The molecule has 0 aliphatic rings. The van der Waals surface area contributed by atoms with Crippen molar-refractivity contribution in [1.82, 2.24) is 19.7 Å². The van der Waals surface area contributed by atoms with Crippen LogP contribution in [0, 0.1) is 5.82 Å². The zero-order valence-electron chi connectivity index (χ0n) is 15.3. The van der Waals surface area contributed by atoms with E-state index < -0.39 is 5.97 Å². The van der Waals surface area contributed by atoms with Crippen LogP contribution < -0.4 is 0 Å². The highest BCUT2D eigenvalue weighted by molar-refractivity contribution is 5.91. The Bertz CT molecular complexity index is 942. The van der Waals surface area contributed by atoms with Crippen molar-refractivity contribution < 1.29 is 18.7 Å². The molecule has 0 aliphatic carbocycles. The van der Waals surface area contributed by atoms with Crippen LogP contribution in [0.5, 0.6) is 0 Å². The van der Waals surface area contributed by atoms with E-state index in [0.717, 1.165) is 5.69 Å². The minimum Gasteiger partial charge on any atom is -0.452 e. The van der Waals surface area contributed by atoms with Gasteiger partial charge in [-0.1, -0.05) is 12.1 Å². The average molecular weight is 382 g/mol. The highest BCUT2D eigenvalue weighted by Gasteiger charge is 2.16. The van der Waals surface area contributed by atoms with Gasteiger partial charge in [0.05, 0.1) is 11.3 Å². The summed E-state index contributed by atoms with van der Waals surface area (Å²) in [5.41, 5.74) is 1.74. The van der Waals surface area contributed by atoms with E-state index in [-0.39, 0.29) is 24.9 Å². The molecule has 3 rings (SSSR count). The van der Waals surface area contributed by atoms with Crippen LogP contribution in [-0.2, 0) is 16.1 Å². The van der Waals surface area contributed by atoms with E-state index >= 15 is 0 Å². The van der Waals surface area contributed by atoms with Crippen LogP contribution in [0.4, 0.5) is 4.39 Å². The molecule has 3 aromatic rings. The molecule has 0 N–H and O–H groups in total. The first kappa shape index (κ1) is 19.2. The third kappa shape index (κ3) is 4.79. The fourth-order valence-corrected chi connectivity index (χ4v) is 2.63. The number of rotatable bonds is 7. The van der Waals surface area contributed by atoms with E-state index in [9.17, 15) is 14.0 Å². The maximum absolute atomic E-state index is 13.3. The molecule has 0 bridgehead atoms. The molecule has 144 valence electrons. The summed E-state index contributed by atoms with van der Waals surface area (Å²) < 4.78 is 20.0. The summed E-state index contributed by atoms with van der Waals surface area (Å²) in [6.07, 6.45) is 2.96. The number of aromatic nitrogens is 3. The third-order valence-electron chi connectivity index (χ3n) is 4.11. The summed E-state index contributed by atoms with van der Waals surface area (Å²) in [6, 6.07) is 12.6. The lowest BCUT2D eigenvalue weighted by Crippen LogP contribution is -2.34. The molecule has 0 atom stereocenters. The molecular weight excluding hydrogens is 363 g/mol. The summed E-state index contributed by atoms with van der Waals surface area (Å²) >= 11 is 0. The molecule has 0 saturated heterocycles. The molecule has 0 radical (unpaired) electrons. The Labute approximate surface area is 161 Å². The highest BCUT2D eigenvalue weighted by Crippen LogP contribution is 2.10. The number of amides is 1. The Morgan fingerprint density at radius 3 is 2.61 bits per heavy atom. The molecule has 2 aromatic carbocycles. The molecular formula is C20H19FN4O3. The monoisotopic (exact) mass is 382 g/mol. The van der Waals surface area contributed by atoms with Gasteiger partial charge in [-0.25, -0.2) is 18.9 Å². The molecule has 0 saturated carbocycles. The minimum absolute atomic E-state index is 0.247. The second-order valence-corrected chi connectivity index (χ2v) is 6.00. The van der Waals surface area contributed by atoms with Crippen LogP contribution >= 0.6 is 0 Å². The highest BCUT2D eigenvalue weighted by atomic mass is 19.1. The van der Waals surface area contributed by atoms with Crippen molar-refractivity contribution in [2.75, 3.05) is 13.2 Å². The van der Waals surface area contributed by atoms with Gasteiger partial charge >= 0.3 is 5.97 Å². The summed E-state index contributed by atoms with van der Waals surface area (Å²) in [5, 5.41) is 4.00. The van der Waals surface area contributed by atoms with E-state index in [1.807, 2.05) is 6.92 Å². The number of hydrogen-bond donors (Lipinski definition) is 0. The molecule has 28 heavy (non-hydrogen) atoms. The first-order valence-corrected chi connectivity index (χ1v) is 8.71. The first-order chi connectivity index (χ1) is 13.6. The molecule has 1 aromatic heterocycles. The second kappa shape index (κ2) is 8.90. The Morgan fingerprint density at radius 2 is 1.96 bits per heavy atom.